The molecule has 29 heavy (non-hydrogen) atoms. The summed E-state index contributed by atoms with van der Waals surface area (Å²) in [5.41, 5.74) is 8.50. The highest BCUT2D eigenvalue weighted by Crippen LogP contribution is 2.36. The Balaban J connectivity index is 1.53. The van der Waals surface area contributed by atoms with Gasteiger partial charge in [0.15, 0.2) is 0 Å². The lowest BCUT2D eigenvalue weighted by molar-refractivity contribution is 0.246. The number of nitriles is 1. The summed E-state index contributed by atoms with van der Waals surface area (Å²) in [5, 5.41) is 18.0. The predicted octanol–water partition coefficient (Wildman–Crippen LogP) is 3.08. The van der Waals surface area contributed by atoms with Gasteiger partial charge in [-0.3, -0.25) is 10.00 Å². The third-order valence-corrected chi connectivity index (χ3v) is 4.80. The van der Waals surface area contributed by atoms with Gasteiger partial charge in [-0.15, -0.1) is 0 Å². The molecule has 146 valence electrons. The summed E-state index contributed by atoms with van der Waals surface area (Å²) in [5.74, 6) is -0.795. The number of hydrogen-bond acceptors (Lipinski definition) is 4. The summed E-state index contributed by atoms with van der Waals surface area (Å²) in [7, 11) is 0. The average Bonchev–Trinajstić information content (AvgIpc) is 3.30. The van der Waals surface area contributed by atoms with E-state index in [1.54, 1.807) is 6.07 Å². The number of fused-ring (bicyclic) bond motifs is 1. The van der Waals surface area contributed by atoms with E-state index >= 15 is 0 Å². The number of nitrogens with two attached hydrogens (primary N) is 1. The molecule has 0 spiro atoms. The maximum atomic E-state index is 14.7. The molecule has 3 aromatic rings. The largest absolute Gasteiger partial charge is 0.384 e. The molecule has 1 aliphatic rings. The van der Waals surface area contributed by atoms with Crippen molar-refractivity contribution in [2.45, 2.75) is 13.0 Å². The van der Waals surface area contributed by atoms with Crippen LogP contribution in [0.1, 0.15) is 16.7 Å². The van der Waals surface area contributed by atoms with Crippen molar-refractivity contribution >= 4 is 17.5 Å². The standard InChI is InChI=1S/C20H16F2N6O/c21-14-4-11(8-23)3-12(5-14)9-25-20(29)28-2-1-13-6-15(17(22)7-18(13)28)16-10-26-27-19(16)24/h3-7,10H,1-2,9H2,(H,25,29)(H3,24,26,27). The van der Waals surface area contributed by atoms with Crippen LogP contribution in [-0.4, -0.2) is 22.8 Å². The molecule has 2 heterocycles. The number of aromatic amines is 1. The highest BCUT2D eigenvalue weighted by Gasteiger charge is 2.27. The van der Waals surface area contributed by atoms with Gasteiger partial charge in [0.1, 0.15) is 17.5 Å². The molecule has 1 aliphatic heterocycles. The number of benzene rings is 2. The van der Waals surface area contributed by atoms with Gasteiger partial charge in [-0.25, -0.2) is 13.6 Å². The van der Waals surface area contributed by atoms with E-state index < -0.39 is 17.7 Å². The zero-order valence-corrected chi connectivity index (χ0v) is 15.2. The summed E-state index contributed by atoms with van der Waals surface area (Å²) >= 11 is 0. The molecule has 9 heteroatoms. The van der Waals surface area contributed by atoms with Gasteiger partial charge < -0.3 is 11.1 Å². The Morgan fingerprint density at radius 2 is 2.10 bits per heavy atom. The number of anilines is 2. The number of nitrogen functional groups attached to an aromatic ring is 1. The highest BCUT2D eigenvalue weighted by atomic mass is 19.1. The molecular formula is C20H16F2N6O. The first-order chi connectivity index (χ1) is 14.0. The van der Waals surface area contributed by atoms with Crippen LogP contribution in [0.3, 0.4) is 0 Å². The fraction of sp³-hybridized carbons (Fsp3) is 0.150. The molecular weight excluding hydrogens is 378 g/mol. The van der Waals surface area contributed by atoms with E-state index in [2.05, 4.69) is 15.5 Å². The Morgan fingerprint density at radius 3 is 2.83 bits per heavy atom. The molecule has 0 unspecified atom stereocenters. The van der Waals surface area contributed by atoms with Crippen molar-refractivity contribution < 1.29 is 13.6 Å². The van der Waals surface area contributed by atoms with Gasteiger partial charge in [0.2, 0.25) is 0 Å². The Bertz CT molecular complexity index is 1150. The topological polar surface area (TPSA) is 111 Å². The average molecular weight is 394 g/mol. The van der Waals surface area contributed by atoms with E-state index in [0.717, 1.165) is 11.6 Å². The van der Waals surface area contributed by atoms with E-state index in [-0.39, 0.29) is 17.9 Å². The van der Waals surface area contributed by atoms with Crippen LogP contribution in [0.5, 0.6) is 0 Å². The van der Waals surface area contributed by atoms with Crippen LogP contribution in [0.4, 0.5) is 25.1 Å². The lowest BCUT2D eigenvalue weighted by Crippen LogP contribution is -2.38. The van der Waals surface area contributed by atoms with Gasteiger partial charge in [0.25, 0.3) is 0 Å². The fourth-order valence-corrected chi connectivity index (χ4v) is 3.43. The first-order valence-electron chi connectivity index (χ1n) is 8.83. The number of halogens is 2. The Kier molecular flexibility index (Phi) is 4.60. The minimum Gasteiger partial charge on any atom is -0.384 e. The second-order valence-corrected chi connectivity index (χ2v) is 6.68. The van der Waals surface area contributed by atoms with Gasteiger partial charge >= 0.3 is 6.03 Å². The van der Waals surface area contributed by atoms with Crippen LogP contribution < -0.4 is 16.0 Å². The van der Waals surface area contributed by atoms with Crippen LogP contribution in [0.25, 0.3) is 11.1 Å². The Hall–Kier alpha value is -3.93. The van der Waals surface area contributed by atoms with Gasteiger partial charge in [-0.05, 0) is 47.9 Å². The van der Waals surface area contributed by atoms with Crippen LogP contribution in [0.2, 0.25) is 0 Å². The number of H-pyrrole nitrogens is 1. The third kappa shape index (κ3) is 3.48. The molecule has 0 saturated heterocycles. The number of carbonyl (C=O) groups is 1. The molecule has 4 rings (SSSR count). The third-order valence-electron chi connectivity index (χ3n) is 4.80. The van der Waals surface area contributed by atoms with E-state index in [9.17, 15) is 13.6 Å². The van der Waals surface area contributed by atoms with Gasteiger partial charge in [-0.1, -0.05) is 0 Å². The van der Waals surface area contributed by atoms with Crippen molar-refractivity contribution in [1.29, 1.82) is 5.26 Å². The number of nitrogens with one attached hydrogen (secondary N) is 2. The molecule has 4 N–H and O–H groups in total. The number of nitrogens with zero attached hydrogens (tertiary/aromatic N) is 3. The maximum Gasteiger partial charge on any atom is 0.322 e. The van der Waals surface area contributed by atoms with Crippen molar-refractivity contribution in [1.82, 2.24) is 15.5 Å². The second kappa shape index (κ2) is 7.24. The summed E-state index contributed by atoms with van der Waals surface area (Å²) < 4.78 is 28.2. The summed E-state index contributed by atoms with van der Waals surface area (Å²) in [6, 6.07) is 8.29. The SMILES string of the molecule is N#Cc1cc(F)cc(CNC(=O)N2CCc3cc(-c4cn[nH]c4N)c(F)cc32)c1. The smallest absolute Gasteiger partial charge is 0.322 e. The molecule has 0 fully saturated rings. The van der Waals surface area contributed by atoms with Crippen LogP contribution in [0.15, 0.2) is 36.5 Å². The van der Waals surface area contributed by atoms with Crippen molar-refractivity contribution in [3.05, 3.63) is 64.9 Å². The monoisotopic (exact) mass is 394 g/mol. The lowest BCUT2D eigenvalue weighted by atomic mass is 10.0. The number of aromatic nitrogens is 2. The molecule has 2 amide bonds. The molecule has 1 aromatic heterocycles. The maximum absolute atomic E-state index is 14.7. The van der Waals surface area contributed by atoms with E-state index in [1.807, 2.05) is 6.07 Å². The number of amides is 2. The van der Waals surface area contributed by atoms with Crippen LogP contribution >= 0.6 is 0 Å². The summed E-state index contributed by atoms with van der Waals surface area (Å²) in [6.07, 6.45) is 2.01. The highest BCUT2D eigenvalue weighted by molar-refractivity contribution is 5.95. The van der Waals surface area contributed by atoms with Gasteiger partial charge in [0.05, 0.1) is 23.5 Å². The number of hydrogen-bond donors (Lipinski definition) is 3. The molecule has 0 aliphatic carbocycles. The first kappa shape index (κ1) is 18.4. The van der Waals surface area contributed by atoms with E-state index in [1.165, 1.54) is 29.3 Å². The van der Waals surface area contributed by atoms with Crippen LogP contribution in [0, 0.1) is 23.0 Å². The second-order valence-electron chi connectivity index (χ2n) is 6.68. The normalized spacial score (nSPS) is 12.5. The molecule has 0 radical (unpaired) electrons. The number of urea groups is 1. The predicted molar refractivity (Wildman–Crippen MR) is 103 cm³/mol. The molecule has 0 atom stereocenters. The van der Waals surface area contributed by atoms with E-state index in [4.69, 9.17) is 11.0 Å². The van der Waals surface area contributed by atoms with Crippen molar-refractivity contribution in [3.63, 3.8) is 0 Å². The van der Waals surface area contributed by atoms with Gasteiger partial charge in [-0.2, -0.15) is 10.4 Å². The van der Waals surface area contributed by atoms with Crippen molar-refractivity contribution in [3.8, 4) is 17.2 Å². The zero-order valence-electron chi connectivity index (χ0n) is 15.2. The molecule has 0 bridgehead atoms. The van der Waals surface area contributed by atoms with Crippen molar-refractivity contribution in [2.24, 2.45) is 0 Å². The molecule has 0 saturated carbocycles. The number of carbonyl (C=O) groups excluding carboxylic acids is 1. The first-order valence-corrected chi connectivity index (χ1v) is 8.83. The molecule has 7 nitrogen and oxygen atoms in total. The van der Waals surface area contributed by atoms with Gasteiger partial charge in [0, 0.05) is 24.2 Å². The quantitative estimate of drug-likeness (QED) is 0.634. The lowest BCUT2D eigenvalue weighted by Gasteiger charge is -2.19. The van der Waals surface area contributed by atoms with Crippen molar-refractivity contribution in [2.75, 3.05) is 17.2 Å². The number of rotatable bonds is 3. The molecule has 2 aromatic carbocycles. The Labute approximate surface area is 164 Å². The summed E-state index contributed by atoms with van der Waals surface area (Å²) in [4.78, 5) is 14.0. The summed E-state index contributed by atoms with van der Waals surface area (Å²) in [6.45, 7) is 0.431. The minimum absolute atomic E-state index is 0.0449. The zero-order chi connectivity index (χ0) is 20.5. The van der Waals surface area contributed by atoms with E-state index in [0.29, 0.717) is 35.3 Å². The minimum atomic E-state index is -0.548. The van der Waals surface area contributed by atoms with Crippen LogP contribution in [-0.2, 0) is 13.0 Å². The Morgan fingerprint density at radius 1 is 1.28 bits per heavy atom. The fourth-order valence-electron chi connectivity index (χ4n) is 3.43.